The minimum Gasteiger partial charge on any atom is -0.480 e. The molecule has 0 amide bonds. The fourth-order valence-corrected chi connectivity index (χ4v) is 1.71. The van der Waals surface area contributed by atoms with Gasteiger partial charge >= 0.3 is 11.6 Å². The first-order valence-electron chi connectivity index (χ1n) is 5.73. The van der Waals surface area contributed by atoms with Crippen LogP contribution in [0.5, 0.6) is 5.88 Å². The quantitative estimate of drug-likeness (QED) is 0.784. The molecule has 2 aromatic rings. The summed E-state index contributed by atoms with van der Waals surface area (Å²) in [7, 11) is 1.45. The Morgan fingerprint density at radius 2 is 2.16 bits per heavy atom. The van der Waals surface area contributed by atoms with E-state index in [0.717, 1.165) is 0 Å². The van der Waals surface area contributed by atoms with Gasteiger partial charge in [-0.1, -0.05) is 0 Å². The standard InChI is InChI=1S/C13H13NO5/c1-4-18-12(15)9-6-8-10(19-13(9)16)5-7(2)14-11(8)17-3/h5-6H,4H2,1-3H3. The van der Waals surface area contributed by atoms with E-state index in [-0.39, 0.29) is 12.2 Å². The number of nitrogens with zero attached hydrogens (tertiary/aromatic N) is 1. The van der Waals surface area contributed by atoms with Crippen LogP contribution in [0, 0.1) is 6.92 Å². The van der Waals surface area contributed by atoms with E-state index in [1.54, 1.807) is 19.9 Å². The van der Waals surface area contributed by atoms with E-state index in [1.807, 2.05) is 0 Å². The van der Waals surface area contributed by atoms with Gasteiger partial charge in [0, 0.05) is 11.8 Å². The molecule has 0 saturated heterocycles. The Kier molecular flexibility index (Phi) is 3.50. The first-order valence-corrected chi connectivity index (χ1v) is 5.73. The van der Waals surface area contributed by atoms with E-state index in [2.05, 4.69) is 4.98 Å². The Balaban J connectivity index is 2.70. The molecule has 0 aliphatic heterocycles. The maximum atomic E-state index is 11.7. The van der Waals surface area contributed by atoms with Gasteiger partial charge in [-0.15, -0.1) is 0 Å². The Bertz CT molecular complexity index is 689. The lowest BCUT2D eigenvalue weighted by Gasteiger charge is -2.06. The van der Waals surface area contributed by atoms with Crippen LogP contribution in [0.25, 0.3) is 11.0 Å². The first kappa shape index (κ1) is 13.1. The van der Waals surface area contributed by atoms with Gasteiger partial charge in [0.2, 0.25) is 5.88 Å². The lowest BCUT2D eigenvalue weighted by atomic mass is 10.2. The van der Waals surface area contributed by atoms with Crippen molar-refractivity contribution >= 4 is 16.9 Å². The second kappa shape index (κ2) is 5.09. The molecule has 0 radical (unpaired) electrons. The SMILES string of the molecule is CCOC(=O)c1cc2c(OC)nc(C)cc2oc1=O. The number of ether oxygens (including phenoxy) is 2. The molecule has 0 spiro atoms. The number of methoxy groups -OCH3 is 1. The maximum Gasteiger partial charge on any atom is 0.351 e. The van der Waals surface area contributed by atoms with Crippen LogP contribution in [-0.2, 0) is 4.74 Å². The predicted octanol–water partition coefficient (Wildman–Crippen LogP) is 1.68. The van der Waals surface area contributed by atoms with Crippen molar-refractivity contribution in [1.29, 1.82) is 0 Å². The molecule has 0 atom stereocenters. The smallest absolute Gasteiger partial charge is 0.351 e. The maximum absolute atomic E-state index is 11.7. The minimum atomic E-state index is -0.737. The molecule has 6 heteroatoms. The molecule has 0 aliphatic rings. The summed E-state index contributed by atoms with van der Waals surface area (Å²) < 4.78 is 15.0. The molecule has 0 saturated carbocycles. The average Bonchev–Trinajstić information content (AvgIpc) is 2.36. The minimum absolute atomic E-state index is 0.168. The van der Waals surface area contributed by atoms with Gasteiger partial charge < -0.3 is 13.9 Å². The Morgan fingerprint density at radius 1 is 1.42 bits per heavy atom. The highest BCUT2D eigenvalue weighted by Crippen LogP contribution is 2.24. The largest absolute Gasteiger partial charge is 0.480 e. The van der Waals surface area contributed by atoms with Crippen LogP contribution in [0.4, 0.5) is 0 Å². The molecule has 2 heterocycles. The van der Waals surface area contributed by atoms with Crippen LogP contribution < -0.4 is 10.4 Å². The van der Waals surface area contributed by atoms with Gasteiger partial charge in [-0.05, 0) is 19.9 Å². The van der Waals surface area contributed by atoms with Crippen molar-refractivity contribution < 1.29 is 18.7 Å². The molecule has 0 N–H and O–H groups in total. The van der Waals surface area contributed by atoms with Crippen molar-refractivity contribution in [1.82, 2.24) is 4.98 Å². The molecular formula is C13H13NO5. The number of rotatable bonds is 3. The molecule has 0 aromatic carbocycles. The van der Waals surface area contributed by atoms with Crippen LogP contribution in [0.15, 0.2) is 21.3 Å². The number of carbonyl (C=O) groups excluding carboxylic acids is 1. The molecular weight excluding hydrogens is 250 g/mol. The van der Waals surface area contributed by atoms with Gasteiger partial charge in [0.05, 0.1) is 19.1 Å². The summed E-state index contributed by atoms with van der Waals surface area (Å²) in [5.74, 6) is -0.426. The second-order valence-corrected chi connectivity index (χ2v) is 3.85. The average molecular weight is 263 g/mol. The summed E-state index contributed by atoms with van der Waals surface area (Å²) >= 11 is 0. The fraction of sp³-hybridized carbons (Fsp3) is 0.308. The van der Waals surface area contributed by atoms with Gasteiger partial charge in [-0.25, -0.2) is 14.6 Å². The van der Waals surface area contributed by atoms with E-state index in [4.69, 9.17) is 13.9 Å². The number of aromatic nitrogens is 1. The molecule has 0 aliphatic carbocycles. The highest BCUT2D eigenvalue weighted by Gasteiger charge is 2.17. The molecule has 0 unspecified atom stereocenters. The topological polar surface area (TPSA) is 78.6 Å². The number of hydrogen-bond donors (Lipinski definition) is 0. The van der Waals surface area contributed by atoms with Crippen LogP contribution in [0.2, 0.25) is 0 Å². The van der Waals surface area contributed by atoms with E-state index in [9.17, 15) is 9.59 Å². The lowest BCUT2D eigenvalue weighted by molar-refractivity contribution is 0.0522. The highest BCUT2D eigenvalue weighted by molar-refractivity contribution is 5.94. The van der Waals surface area contributed by atoms with Gasteiger partial charge in [0.1, 0.15) is 11.1 Å². The summed E-state index contributed by atoms with van der Waals surface area (Å²) in [4.78, 5) is 27.5. The molecule has 100 valence electrons. The van der Waals surface area contributed by atoms with Crippen molar-refractivity contribution in [2.45, 2.75) is 13.8 Å². The highest BCUT2D eigenvalue weighted by atomic mass is 16.5. The van der Waals surface area contributed by atoms with Crippen molar-refractivity contribution in [3.05, 3.63) is 33.8 Å². The zero-order chi connectivity index (χ0) is 14.0. The number of pyridine rings is 1. The second-order valence-electron chi connectivity index (χ2n) is 3.85. The summed E-state index contributed by atoms with van der Waals surface area (Å²) in [6, 6.07) is 2.98. The number of aryl methyl sites for hydroxylation is 1. The number of fused-ring (bicyclic) bond motifs is 1. The van der Waals surface area contributed by atoms with Crippen LogP contribution in [0.3, 0.4) is 0 Å². The first-order chi connectivity index (χ1) is 9.06. The van der Waals surface area contributed by atoms with E-state index in [1.165, 1.54) is 13.2 Å². The lowest BCUT2D eigenvalue weighted by Crippen LogP contribution is -2.16. The van der Waals surface area contributed by atoms with Gasteiger partial charge in [0.25, 0.3) is 0 Å². The van der Waals surface area contributed by atoms with Crippen molar-refractivity contribution in [3.8, 4) is 5.88 Å². The predicted molar refractivity (Wildman–Crippen MR) is 67.5 cm³/mol. The normalized spacial score (nSPS) is 10.5. The summed E-state index contributed by atoms with van der Waals surface area (Å²) in [6.07, 6.45) is 0. The third-order valence-electron chi connectivity index (χ3n) is 2.51. The summed E-state index contributed by atoms with van der Waals surface area (Å²) in [5, 5.41) is 0.454. The molecule has 6 nitrogen and oxygen atoms in total. The van der Waals surface area contributed by atoms with Crippen molar-refractivity contribution in [3.63, 3.8) is 0 Å². The Labute approximate surface area is 109 Å². The molecule has 2 aromatic heterocycles. The monoisotopic (exact) mass is 263 g/mol. The number of carbonyl (C=O) groups is 1. The third kappa shape index (κ3) is 2.42. The Morgan fingerprint density at radius 3 is 2.79 bits per heavy atom. The zero-order valence-corrected chi connectivity index (χ0v) is 10.9. The summed E-state index contributed by atoms with van der Waals surface area (Å²) in [6.45, 7) is 3.59. The van der Waals surface area contributed by atoms with Crippen molar-refractivity contribution in [2.24, 2.45) is 0 Å². The van der Waals surface area contributed by atoms with E-state index in [0.29, 0.717) is 22.5 Å². The van der Waals surface area contributed by atoms with Crippen LogP contribution >= 0.6 is 0 Å². The van der Waals surface area contributed by atoms with Crippen LogP contribution in [-0.4, -0.2) is 24.7 Å². The molecule has 0 bridgehead atoms. The molecule has 0 fully saturated rings. The van der Waals surface area contributed by atoms with E-state index >= 15 is 0 Å². The zero-order valence-electron chi connectivity index (χ0n) is 10.9. The fourth-order valence-electron chi connectivity index (χ4n) is 1.71. The number of hydrogen-bond acceptors (Lipinski definition) is 6. The summed E-state index contributed by atoms with van der Waals surface area (Å²) in [5.41, 5.74) is 0.0655. The van der Waals surface area contributed by atoms with Gasteiger partial charge in [0.15, 0.2) is 0 Å². The molecule has 19 heavy (non-hydrogen) atoms. The third-order valence-corrected chi connectivity index (χ3v) is 2.51. The Hall–Kier alpha value is -2.37. The van der Waals surface area contributed by atoms with E-state index < -0.39 is 11.6 Å². The van der Waals surface area contributed by atoms with Gasteiger partial charge in [-0.2, -0.15) is 0 Å². The number of esters is 1. The van der Waals surface area contributed by atoms with Crippen molar-refractivity contribution in [2.75, 3.05) is 13.7 Å². The molecule has 2 rings (SSSR count). The van der Waals surface area contributed by atoms with Crippen LogP contribution in [0.1, 0.15) is 23.0 Å². The van der Waals surface area contributed by atoms with Gasteiger partial charge in [-0.3, -0.25) is 0 Å².